The van der Waals surface area contributed by atoms with Gasteiger partial charge in [-0.2, -0.15) is 0 Å². The van der Waals surface area contributed by atoms with Crippen molar-refractivity contribution in [1.82, 2.24) is 5.32 Å². The Morgan fingerprint density at radius 1 is 1.00 bits per heavy atom. The summed E-state index contributed by atoms with van der Waals surface area (Å²) >= 11 is 5.95. The number of benzene rings is 2. The van der Waals surface area contributed by atoms with E-state index >= 15 is 0 Å². The minimum absolute atomic E-state index is 0.0707. The molecule has 0 aliphatic rings. The number of esters is 1. The van der Waals surface area contributed by atoms with Gasteiger partial charge in [0, 0.05) is 11.4 Å². The van der Waals surface area contributed by atoms with Crippen LogP contribution in [-0.2, 0) is 22.6 Å². The molecule has 1 amide bonds. The first kappa shape index (κ1) is 18.7. The summed E-state index contributed by atoms with van der Waals surface area (Å²) in [6, 6.07) is 18.8. The molecule has 0 aliphatic carbocycles. The SMILES string of the molecule is O=C(N[C@@H](Cc1ccccc1)C(=O)OCc1cccc(Cl)c1)c1ccco1. The van der Waals surface area contributed by atoms with Crippen molar-refractivity contribution in [3.63, 3.8) is 0 Å². The second-order valence-electron chi connectivity index (χ2n) is 5.93. The van der Waals surface area contributed by atoms with Crippen LogP contribution < -0.4 is 5.32 Å². The van der Waals surface area contributed by atoms with Gasteiger partial charge in [-0.1, -0.05) is 54.1 Å². The fourth-order valence-electron chi connectivity index (χ4n) is 2.56. The predicted molar refractivity (Wildman–Crippen MR) is 101 cm³/mol. The van der Waals surface area contributed by atoms with Crippen LogP contribution in [-0.4, -0.2) is 17.9 Å². The van der Waals surface area contributed by atoms with Crippen molar-refractivity contribution in [1.29, 1.82) is 0 Å². The Morgan fingerprint density at radius 3 is 2.48 bits per heavy atom. The number of nitrogens with one attached hydrogen (secondary N) is 1. The van der Waals surface area contributed by atoms with Gasteiger partial charge in [-0.25, -0.2) is 4.79 Å². The molecule has 0 radical (unpaired) electrons. The van der Waals surface area contributed by atoms with E-state index in [2.05, 4.69) is 5.32 Å². The number of hydrogen-bond acceptors (Lipinski definition) is 4. The number of hydrogen-bond donors (Lipinski definition) is 1. The van der Waals surface area contributed by atoms with Gasteiger partial charge >= 0.3 is 5.97 Å². The average Bonchev–Trinajstić information content (AvgIpc) is 3.21. The molecule has 3 rings (SSSR count). The molecule has 138 valence electrons. The van der Waals surface area contributed by atoms with Crippen LogP contribution >= 0.6 is 11.6 Å². The predicted octanol–water partition coefficient (Wildman–Crippen LogP) is 4.02. The number of ether oxygens (including phenoxy) is 1. The molecule has 1 atom stereocenters. The second kappa shape index (κ2) is 9.05. The molecule has 0 saturated heterocycles. The van der Waals surface area contributed by atoms with Crippen LogP contribution in [0.15, 0.2) is 77.4 Å². The van der Waals surface area contributed by atoms with Gasteiger partial charge < -0.3 is 14.5 Å². The van der Waals surface area contributed by atoms with Gasteiger partial charge in [0.2, 0.25) is 0 Å². The van der Waals surface area contributed by atoms with Crippen molar-refractivity contribution in [3.8, 4) is 0 Å². The summed E-state index contributed by atoms with van der Waals surface area (Å²) in [6.07, 6.45) is 1.71. The lowest BCUT2D eigenvalue weighted by atomic mass is 10.1. The van der Waals surface area contributed by atoms with Gasteiger partial charge in [0.1, 0.15) is 12.6 Å². The van der Waals surface area contributed by atoms with E-state index in [-0.39, 0.29) is 12.4 Å². The van der Waals surface area contributed by atoms with Crippen molar-refractivity contribution in [2.45, 2.75) is 19.1 Å². The molecule has 1 heterocycles. The Hall–Kier alpha value is -3.05. The molecule has 0 unspecified atom stereocenters. The van der Waals surface area contributed by atoms with E-state index in [1.165, 1.54) is 12.3 Å². The number of halogens is 1. The molecule has 0 bridgehead atoms. The highest BCUT2D eigenvalue weighted by Crippen LogP contribution is 2.13. The fourth-order valence-corrected chi connectivity index (χ4v) is 2.77. The van der Waals surface area contributed by atoms with Crippen LogP contribution in [0.2, 0.25) is 5.02 Å². The summed E-state index contributed by atoms with van der Waals surface area (Å²) in [4.78, 5) is 24.9. The third kappa shape index (κ3) is 5.46. The van der Waals surface area contributed by atoms with E-state index in [1.54, 1.807) is 24.3 Å². The van der Waals surface area contributed by atoms with Gasteiger partial charge in [0.15, 0.2) is 5.76 Å². The smallest absolute Gasteiger partial charge is 0.329 e. The molecule has 2 aromatic carbocycles. The summed E-state index contributed by atoms with van der Waals surface area (Å²) in [5, 5.41) is 3.25. The lowest BCUT2D eigenvalue weighted by Gasteiger charge is -2.17. The maximum absolute atomic E-state index is 12.6. The molecule has 27 heavy (non-hydrogen) atoms. The Bertz CT molecular complexity index is 894. The molecule has 0 saturated carbocycles. The first-order chi connectivity index (χ1) is 13.1. The van der Waals surface area contributed by atoms with E-state index < -0.39 is 17.9 Å². The first-order valence-electron chi connectivity index (χ1n) is 8.41. The number of carbonyl (C=O) groups excluding carboxylic acids is 2. The zero-order valence-electron chi connectivity index (χ0n) is 14.4. The summed E-state index contributed by atoms with van der Waals surface area (Å²) in [7, 11) is 0. The van der Waals surface area contributed by atoms with Crippen LogP contribution in [0.5, 0.6) is 0 Å². The van der Waals surface area contributed by atoms with E-state index in [9.17, 15) is 9.59 Å². The van der Waals surface area contributed by atoms with Crippen LogP contribution in [0, 0.1) is 0 Å². The number of amides is 1. The van der Waals surface area contributed by atoms with Crippen molar-refractivity contribution in [2.24, 2.45) is 0 Å². The molecule has 3 aromatic rings. The summed E-state index contributed by atoms with van der Waals surface area (Å²) in [5.74, 6) is -0.866. The summed E-state index contributed by atoms with van der Waals surface area (Å²) < 4.78 is 10.5. The molecule has 6 heteroatoms. The Labute approximate surface area is 161 Å². The van der Waals surface area contributed by atoms with Crippen molar-refractivity contribution < 1.29 is 18.7 Å². The Kier molecular flexibility index (Phi) is 6.28. The lowest BCUT2D eigenvalue weighted by molar-refractivity contribution is -0.147. The monoisotopic (exact) mass is 383 g/mol. The topological polar surface area (TPSA) is 68.5 Å². The van der Waals surface area contributed by atoms with Crippen LogP contribution in [0.1, 0.15) is 21.7 Å². The highest BCUT2D eigenvalue weighted by molar-refractivity contribution is 6.30. The Balaban J connectivity index is 1.69. The third-order valence-electron chi connectivity index (χ3n) is 3.89. The normalized spacial score (nSPS) is 11.6. The Morgan fingerprint density at radius 2 is 1.78 bits per heavy atom. The fraction of sp³-hybridized carbons (Fsp3) is 0.143. The molecule has 1 aromatic heterocycles. The van der Waals surface area contributed by atoms with Gasteiger partial charge in [-0.15, -0.1) is 0 Å². The first-order valence-corrected chi connectivity index (χ1v) is 8.79. The maximum atomic E-state index is 12.6. The average molecular weight is 384 g/mol. The molecule has 1 N–H and O–H groups in total. The summed E-state index contributed by atoms with van der Waals surface area (Å²) in [6.45, 7) is 0.0707. The van der Waals surface area contributed by atoms with Gasteiger partial charge in [0.05, 0.1) is 6.26 Å². The standard InChI is InChI=1S/C21H18ClNO4/c22-17-9-4-8-16(12-17)14-27-21(25)18(13-15-6-2-1-3-7-15)23-20(24)19-10-5-11-26-19/h1-12,18H,13-14H2,(H,23,24)/t18-/m0/s1. The van der Waals surface area contributed by atoms with Crippen LogP contribution in [0.4, 0.5) is 0 Å². The van der Waals surface area contributed by atoms with Crippen molar-refractivity contribution in [3.05, 3.63) is 94.9 Å². The van der Waals surface area contributed by atoms with Crippen molar-refractivity contribution in [2.75, 3.05) is 0 Å². The van der Waals surface area contributed by atoms with Crippen LogP contribution in [0.3, 0.4) is 0 Å². The quantitative estimate of drug-likeness (QED) is 0.626. The highest BCUT2D eigenvalue weighted by atomic mass is 35.5. The molecule has 0 fully saturated rings. The second-order valence-corrected chi connectivity index (χ2v) is 6.37. The largest absolute Gasteiger partial charge is 0.459 e. The van der Waals surface area contributed by atoms with E-state index in [0.29, 0.717) is 11.4 Å². The minimum atomic E-state index is -0.843. The van der Waals surface area contributed by atoms with E-state index in [0.717, 1.165) is 11.1 Å². The molecular formula is C21H18ClNO4. The van der Waals surface area contributed by atoms with Gasteiger partial charge in [-0.05, 0) is 35.4 Å². The van der Waals surface area contributed by atoms with Gasteiger partial charge in [0.25, 0.3) is 5.91 Å². The number of rotatable bonds is 7. The van der Waals surface area contributed by atoms with Crippen molar-refractivity contribution >= 4 is 23.5 Å². The zero-order valence-corrected chi connectivity index (χ0v) is 15.2. The molecule has 0 spiro atoms. The molecular weight excluding hydrogens is 366 g/mol. The third-order valence-corrected chi connectivity index (χ3v) is 4.12. The maximum Gasteiger partial charge on any atom is 0.329 e. The van der Waals surface area contributed by atoms with E-state index in [1.807, 2.05) is 36.4 Å². The highest BCUT2D eigenvalue weighted by Gasteiger charge is 2.24. The van der Waals surface area contributed by atoms with E-state index in [4.69, 9.17) is 20.8 Å². The van der Waals surface area contributed by atoms with Gasteiger partial charge in [-0.3, -0.25) is 4.79 Å². The molecule has 5 nitrogen and oxygen atoms in total. The number of furan rings is 1. The zero-order chi connectivity index (χ0) is 19.1. The number of carbonyl (C=O) groups is 2. The lowest BCUT2D eigenvalue weighted by Crippen LogP contribution is -2.43. The minimum Gasteiger partial charge on any atom is -0.459 e. The van der Waals surface area contributed by atoms with Crippen LogP contribution in [0.25, 0.3) is 0 Å². The molecule has 0 aliphatic heterocycles. The summed E-state index contributed by atoms with van der Waals surface area (Å²) in [5.41, 5.74) is 1.67.